The molecule has 1 atom stereocenters. The number of aliphatic hydroxyl groups excluding tert-OH is 1. The molecule has 1 aliphatic heterocycles. The molecule has 0 spiro atoms. The van der Waals surface area contributed by atoms with Crippen LogP contribution in [0.3, 0.4) is 0 Å². The number of ether oxygens (including phenoxy) is 2. The van der Waals surface area contributed by atoms with Crippen LogP contribution < -0.4 is 14.4 Å². The third kappa shape index (κ3) is 7.87. The Morgan fingerprint density at radius 1 is 0.933 bits per heavy atom. The van der Waals surface area contributed by atoms with Gasteiger partial charge < -0.3 is 14.6 Å². The molecule has 234 valence electrons. The first-order valence-corrected chi connectivity index (χ1v) is 17.0. The monoisotopic (exact) mass is 663 g/mol. The second-order valence-corrected chi connectivity index (χ2v) is 13.1. The summed E-state index contributed by atoms with van der Waals surface area (Å²) in [6.45, 7) is 5.26. The van der Waals surface area contributed by atoms with Gasteiger partial charge in [-0.05, 0) is 72.5 Å². The van der Waals surface area contributed by atoms with Crippen molar-refractivity contribution < 1.29 is 24.2 Å². The average Bonchev–Trinajstić information content (AvgIpc) is 3.63. The number of nitrogens with zero attached hydrogens (tertiary/aromatic N) is 3. The zero-order valence-electron chi connectivity index (χ0n) is 25.1. The largest absolute Gasteiger partial charge is 0.507 e. The SMILES string of the molecule is CCCCCOc1cccc(C2/C(=C(\O)c3ccc(OCCC)cc3)C(=O)C(=O)N2c2nnc(SCc3ccc(Cl)cc3)s2)c1. The molecule has 8 nitrogen and oxygen atoms in total. The van der Waals surface area contributed by atoms with Gasteiger partial charge in [0.25, 0.3) is 5.78 Å². The summed E-state index contributed by atoms with van der Waals surface area (Å²) in [6, 6.07) is 20.7. The number of ketones is 1. The number of benzene rings is 3. The zero-order chi connectivity index (χ0) is 31.8. The van der Waals surface area contributed by atoms with E-state index < -0.39 is 17.7 Å². The number of halogens is 1. The molecular weight excluding hydrogens is 630 g/mol. The maximum Gasteiger partial charge on any atom is 0.301 e. The number of hydrogen-bond acceptors (Lipinski definition) is 9. The molecule has 3 aromatic carbocycles. The van der Waals surface area contributed by atoms with Gasteiger partial charge in [-0.25, -0.2) is 0 Å². The number of hydrogen-bond donors (Lipinski definition) is 1. The Morgan fingerprint density at radius 2 is 1.69 bits per heavy atom. The molecule has 11 heteroatoms. The lowest BCUT2D eigenvalue weighted by Gasteiger charge is -2.23. The lowest BCUT2D eigenvalue weighted by molar-refractivity contribution is -0.132. The van der Waals surface area contributed by atoms with Crippen LogP contribution >= 0.6 is 34.7 Å². The molecule has 1 saturated heterocycles. The molecule has 0 bridgehead atoms. The van der Waals surface area contributed by atoms with E-state index >= 15 is 0 Å². The van der Waals surface area contributed by atoms with Gasteiger partial charge >= 0.3 is 5.91 Å². The van der Waals surface area contributed by atoms with Crippen molar-refractivity contribution in [3.05, 3.63) is 100 Å². The van der Waals surface area contributed by atoms with Crippen molar-refractivity contribution in [3.8, 4) is 11.5 Å². The van der Waals surface area contributed by atoms with Gasteiger partial charge in [-0.2, -0.15) is 0 Å². The summed E-state index contributed by atoms with van der Waals surface area (Å²) in [5.41, 5.74) is 2.03. The smallest absolute Gasteiger partial charge is 0.301 e. The Morgan fingerprint density at radius 3 is 2.42 bits per heavy atom. The van der Waals surface area contributed by atoms with Crippen molar-refractivity contribution in [1.82, 2.24) is 10.2 Å². The van der Waals surface area contributed by atoms with Crippen molar-refractivity contribution in [2.24, 2.45) is 0 Å². The van der Waals surface area contributed by atoms with Crippen molar-refractivity contribution in [2.45, 2.75) is 55.7 Å². The molecule has 45 heavy (non-hydrogen) atoms. The van der Waals surface area contributed by atoms with Crippen LogP contribution in [0.1, 0.15) is 62.3 Å². The van der Waals surface area contributed by atoms with E-state index in [1.165, 1.54) is 28.0 Å². The van der Waals surface area contributed by atoms with Crippen LogP contribution in [0, 0.1) is 0 Å². The summed E-state index contributed by atoms with van der Waals surface area (Å²) in [4.78, 5) is 28.6. The lowest BCUT2D eigenvalue weighted by atomic mass is 9.95. The van der Waals surface area contributed by atoms with Gasteiger partial charge in [0, 0.05) is 16.3 Å². The van der Waals surface area contributed by atoms with E-state index in [0.29, 0.717) is 51.0 Å². The number of anilines is 1. The highest BCUT2D eigenvalue weighted by atomic mass is 35.5. The van der Waals surface area contributed by atoms with Gasteiger partial charge in [-0.1, -0.05) is 85.7 Å². The quantitative estimate of drug-likeness (QED) is 0.0358. The van der Waals surface area contributed by atoms with Crippen LogP contribution in [-0.2, 0) is 15.3 Å². The second kappa shape index (κ2) is 15.4. The van der Waals surface area contributed by atoms with E-state index in [1.54, 1.807) is 24.3 Å². The fourth-order valence-electron chi connectivity index (χ4n) is 4.83. The summed E-state index contributed by atoms with van der Waals surface area (Å²) in [5, 5.41) is 21.1. The zero-order valence-corrected chi connectivity index (χ0v) is 27.5. The van der Waals surface area contributed by atoms with Crippen LogP contribution in [0.4, 0.5) is 5.13 Å². The van der Waals surface area contributed by atoms with Crippen molar-refractivity contribution >= 4 is 57.3 Å². The van der Waals surface area contributed by atoms with Gasteiger partial charge in [0.1, 0.15) is 17.3 Å². The molecular formula is C34H34ClN3O5S2. The van der Waals surface area contributed by atoms with Crippen LogP contribution in [-0.4, -0.2) is 40.2 Å². The highest BCUT2D eigenvalue weighted by molar-refractivity contribution is 8.00. The maximum atomic E-state index is 13.7. The molecule has 0 saturated carbocycles. The number of thioether (sulfide) groups is 1. The topological polar surface area (TPSA) is 102 Å². The molecule has 1 aliphatic rings. The summed E-state index contributed by atoms with van der Waals surface area (Å²) in [5.74, 6) is 0.0225. The van der Waals surface area contributed by atoms with E-state index in [-0.39, 0.29) is 16.5 Å². The van der Waals surface area contributed by atoms with Gasteiger partial charge in [-0.15, -0.1) is 10.2 Å². The third-order valence-electron chi connectivity index (χ3n) is 7.11. The molecule has 1 amide bonds. The first kappa shape index (κ1) is 32.5. The number of aliphatic hydroxyl groups is 1. The van der Waals surface area contributed by atoms with E-state index in [0.717, 1.165) is 31.2 Å². The first-order chi connectivity index (χ1) is 21.9. The maximum absolute atomic E-state index is 13.7. The highest BCUT2D eigenvalue weighted by Gasteiger charge is 2.48. The number of aromatic nitrogens is 2. The number of carbonyl (C=O) groups is 2. The minimum atomic E-state index is -0.942. The first-order valence-electron chi connectivity index (χ1n) is 14.9. The molecule has 2 heterocycles. The Labute approximate surface area is 276 Å². The lowest BCUT2D eigenvalue weighted by Crippen LogP contribution is -2.29. The Hall–Kier alpha value is -3.86. The van der Waals surface area contributed by atoms with Gasteiger partial charge in [0.15, 0.2) is 4.34 Å². The van der Waals surface area contributed by atoms with Crippen LogP contribution in [0.25, 0.3) is 5.76 Å². The van der Waals surface area contributed by atoms with E-state index in [9.17, 15) is 14.7 Å². The average molecular weight is 664 g/mol. The molecule has 1 aromatic heterocycles. The summed E-state index contributed by atoms with van der Waals surface area (Å²) >= 11 is 8.70. The minimum Gasteiger partial charge on any atom is -0.507 e. The van der Waals surface area contributed by atoms with Crippen LogP contribution in [0.15, 0.2) is 82.7 Å². The number of Topliss-reactive ketones (excluding diaryl/α,β-unsaturated/α-hetero) is 1. The Kier molecular flexibility index (Phi) is 11.2. The number of rotatable bonds is 14. The van der Waals surface area contributed by atoms with Crippen LogP contribution in [0.2, 0.25) is 5.02 Å². The summed E-state index contributed by atoms with van der Waals surface area (Å²) in [6.07, 6.45) is 3.90. The molecule has 0 radical (unpaired) electrons. The molecule has 1 N–H and O–H groups in total. The Bertz CT molecular complexity index is 1660. The van der Waals surface area contributed by atoms with Crippen molar-refractivity contribution in [3.63, 3.8) is 0 Å². The predicted molar refractivity (Wildman–Crippen MR) is 179 cm³/mol. The number of unbranched alkanes of at least 4 members (excludes halogenated alkanes) is 2. The number of amides is 1. The fourth-order valence-corrected chi connectivity index (χ4v) is 6.78. The normalized spacial score (nSPS) is 15.9. The van der Waals surface area contributed by atoms with Gasteiger partial charge in [0.2, 0.25) is 5.13 Å². The number of carbonyl (C=O) groups excluding carboxylic acids is 2. The van der Waals surface area contributed by atoms with Gasteiger partial charge in [0.05, 0.1) is 24.8 Å². The molecule has 4 aromatic rings. The van der Waals surface area contributed by atoms with E-state index in [1.807, 2.05) is 55.5 Å². The molecule has 5 rings (SSSR count). The predicted octanol–water partition coefficient (Wildman–Crippen LogP) is 8.47. The van der Waals surface area contributed by atoms with Crippen LogP contribution in [0.5, 0.6) is 11.5 Å². The summed E-state index contributed by atoms with van der Waals surface area (Å²) < 4.78 is 12.3. The fraction of sp³-hybridized carbons (Fsp3) is 0.294. The third-order valence-corrected chi connectivity index (χ3v) is 9.49. The molecule has 0 aliphatic carbocycles. The minimum absolute atomic E-state index is 0.0315. The highest BCUT2D eigenvalue weighted by Crippen LogP contribution is 2.44. The van der Waals surface area contributed by atoms with Crippen molar-refractivity contribution in [1.29, 1.82) is 0 Å². The molecule has 1 fully saturated rings. The van der Waals surface area contributed by atoms with Crippen molar-refractivity contribution in [2.75, 3.05) is 18.1 Å². The van der Waals surface area contributed by atoms with E-state index in [2.05, 4.69) is 17.1 Å². The van der Waals surface area contributed by atoms with E-state index in [4.69, 9.17) is 21.1 Å². The van der Waals surface area contributed by atoms with Gasteiger partial charge in [-0.3, -0.25) is 14.5 Å². The second-order valence-electron chi connectivity index (χ2n) is 10.4. The standard InChI is InChI=1S/C34H34ClN3O5S2/c1-3-5-6-19-43-27-9-7-8-24(20-27)29-28(30(39)23-12-16-26(17-13-23)42-18-4-2)31(40)32(41)38(29)33-36-37-34(45-33)44-21-22-10-14-25(35)15-11-22/h7-17,20,29,39H,3-6,18-19,21H2,1-2H3/b30-28+. The molecule has 1 unspecified atom stereocenters. The summed E-state index contributed by atoms with van der Waals surface area (Å²) in [7, 11) is 0. The Balaban J connectivity index is 1.50.